The van der Waals surface area contributed by atoms with Gasteiger partial charge >= 0.3 is 5.97 Å². The van der Waals surface area contributed by atoms with E-state index in [9.17, 15) is 9.90 Å². The lowest BCUT2D eigenvalue weighted by molar-refractivity contribution is -0.153. The number of rotatable bonds is 8. The van der Waals surface area contributed by atoms with Gasteiger partial charge in [0.2, 0.25) is 0 Å². The van der Waals surface area contributed by atoms with Gasteiger partial charge in [-0.25, -0.2) is 0 Å². The summed E-state index contributed by atoms with van der Waals surface area (Å²) in [6.07, 6.45) is 2.46. The molecule has 0 aliphatic rings. The van der Waals surface area contributed by atoms with Crippen LogP contribution < -0.4 is 4.74 Å². The van der Waals surface area contributed by atoms with Gasteiger partial charge in [-0.3, -0.25) is 4.79 Å². The van der Waals surface area contributed by atoms with Crippen LogP contribution in [0.3, 0.4) is 0 Å². The van der Waals surface area contributed by atoms with Crippen molar-refractivity contribution >= 4 is 5.97 Å². The van der Waals surface area contributed by atoms with Gasteiger partial charge in [0.1, 0.15) is 0 Å². The molecule has 1 N–H and O–H groups in total. The second kappa shape index (κ2) is 7.78. The Morgan fingerprint density at radius 3 is 2.60 bits per heavy atom. The van der Waals surface area contributed by atoms with Crippen molar-refractivity contribution in [3.63, 3.8) is 0 Å². The summed E-state index contributed by atoms with van der Waals surface area (Å²) >= 11 is 0. The van der Waals surface area contributed by atoms with Gasteiger partial charge < -0.3 is 14.6 Å². The van der Waals surface area contributed by atoms with Crippen LogP contribution in [-0.2, 0) is 9.53 Å². The number of phenolic OH excluding ortho intramolecular Hbond substituents is 1. The van der Waals surface area contributed by atoms with E-state index in [4.69, 9.17) is 9.47 Å². The Morgan fingerprint density at radius 1 is 1.25 bits per heavy atom. The minimum absolute atomic E-state index is 0.151. The molecule has 0 radical (unpaired) electrons. The number of hydrogen-bond donors (Lipinski definition) is 1. The van der Waals surface area contributed by atoms with E-state index in [-0.39, 0.29) is 11.7 Å². The van der Waals surface area contributed by atoms with Gasteiger partial charge in [-0.2, -0.15) is 0 Å². The predicted octanol–water partition coefficient (Wildman–Crippen LogP) is 3.53. The van der Waals surface area contributed by atoms with Crippen LogP contribution in [-0.4, -0.2) is 24.3 Å². The Labute approximate surface area is 120 Å². The first-order chi connectivity index (χ1) is 9.47. The summed E-state index contributed by atoms with van der Waals surface area (Å²) in [7, 11) is 0. The summed E-state index contributed by atoms with van der Waals surface area (Å²) in [5.74, 6) is 0.498. The molecule has 0 aliphatic heterocycles. The minimum atomic E-state index is -0.453. The van der Waals surface area contributed by atoms with E-state index in [0.717, 1.165) is 19.3 Å². The molecule has 1 rings (SSSR count). The zero-order chi connectivity index (χ0) is 15.0. The fourth-order valence-electron chi connectivity index (χ4n) is 1.86. The van der Waals surface area contributed by atoms with E-state index in [1.807, 2.05) is 26.8 Å². The Bertz CT molecular complexity index is 426. The number of unbranched alkanes of at least 4 members (excludes halogenated alkanes) is 1. The molecular weight excluding hydrogens is 256 g/mol. The maximum Gasteiger partial charge on any atom is 0.311 e. The summed E-state index contributed by atoms with van der Waals surface area (Å²) in [5.41, 5.74) is -0.453. The zero-order valence-electron chi connectivity index (χ0n) is 12.5. The summed E-state index contributed by atoms with van der Waals surface area (Å²) in [6, 6.07) is 6.90. The van der Waals surface area contributed by atoms with Gasteiger partial charge in [0.15, 0.2) is 11.5 Å². The molecule has 4 nitrogen and oxygen atoms in total. The first-order valence-electron chi connectivity index (χ1n) is 7.05. The number of esters is 1. The number of benzene rings is 1. The van der Waals surface area contributed by atoms with Gasteiger partial charge in [-0.1, -0.05) is 12.1 Å². The quantitative estimate of drug-likeness (QED) is 0.584. The minimum Gasteiger partial charge on any atom is -0.504 e. The lowest BCUT2D eigenvalue weighted by Crippen LogP contribution is -2.26. The Balaban J connectivity index is 2.25. The lowest BCUT2D eigenvalue weighted by Gasteiger charge is -2.22. The number of carbonyl (C=O) groups excluding carboxylic acids is 1. The monoisotopic (exact) mass is 280 g/mol. The molecule has 0 atom stereocenters. The fourth-order valence-corrected chi connectivity index (χ4v) is 1.86. The number of aromatic hydroxyl groups is 1. The number of carbonyl (C=O) groups is 1. The third kappa shape index (κ3) is 5.11. The Kier molecular flexibility index (Phi) is 6.36. The molecule has 4 heteroatoms. The van der Waals surface area contributed by atoms with E-state index in [0.29, 0.717) is 19.0 Å². The Hall–Kier alpha value is -1.71. The van der Waals surface area contributed by atoms with E-state index in [1.165, 1.54) is 0 Å². The van der Waals surface area contributed by atoms with Crippen LogP contribution in [0.2, 0.25) is 0 Å². The first kappa shape index (κ1) is 16.3. The highest BCUT2D eigenvalue weighted by atomic mass is 16.5. The largest absolute Gasteiger partial charge is 0.504 e. The van der Waals surface area contributed by atoms with Crippen LogP contribution >= 0.6 is 0 Å². The van der Waals surface area contributed by atoms with Crippen LogP contribution in [0, 0.1) is 5.41 Å². The maximum atomic E-state index is 11.7. The van der Waals surface area contributed by atoms with E-state index in [1.54, 1.807) is 18.2 Å². The molecule has 0 aromatic heterocycles. The van der Waals surface area contributed by atoms with Crippen LogP contribution in [0.25, 0.3) is 0 Å². The van der Waals surface area contributed by atoms with Crippen LogP contribution in [0.1, 0.15) is 40.0 Å². The SMILES string of the molecule is CCOC(=O)C(C)(C)CCCCOc1ccccc1O. The second-order valence-corrected chi connectivity index (χ2v) is 5.38. The summed E-state index contributed by atoms with van der Waals surface area (Å²) < 4.78 is 10.5. The van der Waals surface area contributed by atoms with Gasteiger partial charge in [-0.15, -0.1) is 0 Å². The van der Waals surface area contributed by atoms with Crippen molar-refractivity contribution < 1.29 is 19.4 Å². The molecule has 20 heavy (non-hydrogen) atoms. The third-order valence-corrected chi connectivity index (χ3v) is 3.15. The van der Waals surface area contributed by atoms with Crippen molar-refractivity contribution in [1.29, 1.82) is 0 Å². The van der Waals surface area contributed by atoms with Crippen LogP contribution in [0.4, 0.5) is 0 Å². The smallest absolute Gasteiger partial charge is 0.311 e. The van der Waals surface area contributed by atoms with Crippen molar-refractivity contribution in [2.75, 3.05) is 13.2 Å². The molecule has 1 aromatic rings. The summed E-state index contributed by atoms with van der Waals surface area (Å²) in [5, 5.41) is 9.54. The molecule has 0 saturated carbocycles. The number of hydrogen-bond acceptors (Lipinski definition) is 4. The van der Waals surface area contributed by atoms with E-state index >= 15 is 0 Å². The van der Waals surface area contributed by atoms with Crippen molar-refractivity contribution in [2.45, 2.75) is 40.0 Å². The highest BCUT2D eigenvalue weighted by molar-refractivity contribution is 5.75. The van der Waals surface area contributed by atoms with Gasteiger partial charge in [0.25, 0.3) is 0 Å². The second-order valence-electron chi connectivity index (χ2n) is 5.38. The summed E-state index contributed by atoms with van der Waals surface area (Å²) in [4.78, 5) is 11.7. The fraction of sp³-hybridized carbons (Fsp3) is 0.562. The average molecular weight is 280 g/mol. The molecule has 0 spiro atoms. The van der Waals surface area contributed by atoms with Crippen LogP contribution in [0.15, 0.2) is 24.3 Å². The normalized spacial score (nSPS) is 11.2. The average Bonchev–Trinajstić information content (AvgIpc) is 2.40. The number of phenols is 1. The van der Waals surface area contributed by atoms with Crippen LogP contribution in [0.5, 0.6) is 11.5 Å². The third-order valence-electron chi connectivity index (χ3n) is 3.15. The van der Waals surface area contributed by atoms with E-state index in [2.05, 4.69) is 0 Å². The standard InChI is InChI=1S/C16H24O4/c1-4-19-15(18)16(2,3)11-7-8-12-20-14-10-6-5-9-13(14)17/h5-6,9-10,17H,4,7-8,11-12H2,1-3H3. The molecule has 1 aromatic carbocycles. The molecule has 0 aliphatic carbocycles. The van der Waals surface area contributed by atoms with Gasteiger partial charge in [0.05, 0.1) is 18.6 Å². The molecular formula is C16H24O4. The molecule has 112 valence electrons. The number of para-hydroxylation sites is 2. The zero-order valence-corrected chi connectivity index (χ0v) is 12.5. The van der Waals surface area contributed by atoms with Gasteiger partial charge in [-0.05, 0) is 52.2 Å². The Morgan fingerprint density at radius 2 is 1.95 bits per heavy atom. The molecule has 0 fully saturated rings. The summed E-state index contributed by atoms with van der Waals surface area (Å²) in [6.45, 7) is 6.55. The lowest BCUT2D eigenvalue weighted by atomic mass is 9.87. The molecule has 0 amide bonds. The van der Waals surface area contributed by atoms with Crippen molar-refractivity contribution in [1.82, 2.24) is 0 Å². The topological polar surface area (TPSA) is 55.8 Å². The highest BCUT2D eigenvalue weighted by Gasteiger charge is 2.28. The maximum absolute atomic E-state index is 11.7. The van der Waals surface area contributed by atoms with Crippen molar-refractivity contribution in [3.05, 3.63) is 24.3 Å². The molecule has 0 unspecified atom stereocenters. The molecule has 0 heterocycles. The first-order valence-corrected chi connectivity index (χ1v) is 7.05. The highest BCUT2D eigenvalue weighted by Crippen LogP contribution is 2.26. The van der Waals surface area contributed by atoms with Crippen molar-refractivity contribution in [2.24, 2.45) is 5.41 Å². The van der Waals surface area contributed by atoms with Gasteiger partial charge in [0, 0.05) is 0 Å². The number of ether oxygens (including phenoxy) is 2. The molecule has 0 bridgehead atoms. The molecule has 0 saturated heterocycles. The van der Waals surface area contributed by atoms with E-state index < -0.39 is 5.41 Å². The van der Waals surface area contributed by atoms with Crippen molar-refractivity contribution in [3.8, 4) is 11.5 Å². The predicted molar refractivity (Wildman–Crippen MR) is 77.9 cm³/mol.